The van der Waals surface area contributed by atoms with E-state index in [0.29, 0.717) is 22.8 Å². The Morgan fingerprint density at radius 2 is 2.23 bits per heavy atom. The molecule has 31 heavy (non-hydrogen) atoms. The van der Waals surface area contributed by atoms with Crippen LogP contribution in [0.15, 0.2) is 40.3 Å². The van der Waals surface area contributed by atoms with Gasteiger partial charge in [-0.05, 0) is 50.3 Å². The first-order valence-electron chi connectivity index (χ1n) is 10.0. The van der Waals surface area contributed by atoms with E-state index in [1.165, 1.54) is 16.2 Å². The molecule has 3 aromatic rings. The van der Waals surface area contributed by atoms with Crippen molar-refractivity contribution in [3.05, 3.63) is 61.3 Å². The van der Waals surface area contributed by atoms with Crippen molar-refractivity contribution in [3.8, 4) is 17.3 Å². The Kier molecular flexibility index (Phi) is 6.86. The summed E-state index contributed by atoms with van der Waals surface area (Å²) in [4.78, 5) is 18.5. The number of esters is 1. The van der Waals surface area contributed by atoms with E-state index in [1.807, 2.05) is 36.6 Å². The van der Waals surface area contributed by atoms with Crippen LogP contribution in [-0.4, -0.2) is 17.6 Å². The maximum atomic E-state index is 12.6. The minimum Gasteiger partial charge on any atom is -0.462 e. The lowest BCUT2D eigenvalue weighted by molar-refractivity contribution is 0.0526. The van der Waals surface area contributed by atoms with Crippen molar-refractivity contribution in [3.63, 3.8) is 0 Å². The molecule has 0 atom stereocenters. The van der Waals surface area contributed by atoms with Gasteiger partial charge in [0.15, 0.2) is 0 Å². The Balaban J connectivity index is 1.62. The van der Waals surface area contributed by atoms with Crippen molar-refractivity contribution in [2.75, 3.05) is 11.9 Å². The van der Waals surface area contributed by atoms with E-state index in [1.54, 1.807) is 17.5 Å². The van der Waals surface area contributed by atoms with E-state index < -0.39 is 0 Å². The highest BCUT2D eigenvalue weighted by Gasteiger charge is 2.26. The molecule has 0 fully saturated rings. The predicted octanol–water partition coefficient (Wildman–Crippen LogP) is 6.67. The fourth-order valence-corrected chi connectivity index (χ4v) is 5.98. The largest absolute Gasteiger partial charge is 0.462 e. The first-order chi connectivity index (χ1) is 15.1. The fraction of sp³-hybridized carbons (Fsp3) is 0.261. The maximum absolute atomic E-state index is 12.6. The molecule has 0 saturated carbocycles. The first kappa shape index (κ1) is 21.8. The lowest BCUT2D eigenvalue weighted by Gasteiger charge is -2.12. The van der Waals surface area contributed by atoms with Gasteiger partial charge in [0.25, 0.3) is 0 Å². The van der Waals surface area contributed by atoms with Crippen molar-refractivity contribution >= 4 is 55.1 Å². The highest BCUT2D eigenvalue weighted by atomic mass is 79.9. The number of aryl methyl sites for hydroxylation is 1. The molecule has 4 rings (SSSR count). The van der Waals surface area contributed by atoms with E-state index in [2.05, 4.69) is 32.3 Å². The van der Waals surface area contributed by atoms with Gasteiger partial charge in [0.05, 0.1) is 17.9 Å². The molecular weight excluding hydrogens is 494 g/mol. The number of allylic oxidation sites excluding steroid dienone is 1. The van der Waals surface area contributed by atoms with Gasteiger partial charge in [-0.3, -0.25) is 0 Å². The smallest absolute Gasteiger partial charge is 0.341 e. The van der Waals surface area contributed by atoms with Crippen LogP contribution in [0, 0.1) is 11.3 Å². The summed E-state index contributed by atoms with van der Waals surface area (Å²) in [6.07, 6.45) is 5.71. The number of anilines is 1. The number of rotatable bonds is 6. The predicted molar refractivity (Wildman–Crippen MR) is 129 cm³/mol. The second-order valence-electron chi connectivity index (χ2n) is 7.00. The Labute approximate surface area is 197 Å². The zero-order valence-electron chi connectivity index (χ0n) is 16.9. The summed E-state index contributed by atoms with van der Waals surface area (Å²) in [6, 6.07) is 10.1. The van der Waals surface area contributed by atoms with Gasteiger partial charge >= 0.3 is 5.97 Å². The third-order valence-corrected chi connectivity index (χ3v) is 7.57. The van der Waals surface area contributed by atoms with Crippen LogP contribution in [0.3, 0.4) is 0 Å². The number of thiazole rings is 1. The van der Waals surface area contributed by atoms with Gasteiger partial charge in [0, 0.05) is 26.5 Å². The summed E-state index contributed by atoms with van der Waals surface area (Å²) >= 11 is 6.48. The third kappa shape index (κ3) is 4.74. The number of fused-ring (bicyclic) bond motifs is 1. The lowest BCUT2D eigenvalue weighted by atomic mass is 9.95. The summed E-state index contributed by atoms with van der Waals surface area (Å²) in [7, 11) is 0. The summed E-state index contributed by atoms with van der Waals surface area (Å²) in [5.74, 6) is -0.303. The Bertz CT molecular complexity index is 1190. The average molecular weight is 514 g/mol. The monoisotopic (exact) mass is 513 g/mol. The van der Waals surface area contributed by atoms with Crippen molar-refractivity contribution < 1.29 is 9.53 Å². The summed E-state index contributed by atoms with van der Waals surface area (Å²) < 4.78 is 6.28. The second-order valence-corrected chi connectivity index (χ2v) is 9.88. The SMILES string of the molecule is CCOC(=O)c1c(N/C=C(\C#N)c2nc(-c3cccc(Br)c3)cs2)sc2c1CCCC2. The number of nitriles is 1. The highest BCUT2D eigenvalue weighted by molar-refractivity contribution is 9.10. The number of hydrogen-bond donors (Lipinski definition) is 1. The quantitative estimate of drug-likeness (QED) is 0.294. The van der Waals surface area contributed by atoms with Crippen molar-refractivity contribution in [2.45, 2.75) is 32.6 Å². The molecule has 1 aliphatic carbocycles. The minimum absolute atomic E-state index is 0.303. The molecule has 0 radical (unpaired) electrons. The minimum atomic E-state index is -0.303. The van der Waals surface area contributed by atoms with Crippen LogP contribution < -0.4 is 5.32 Å². The summed E-state index contributed by atoms with van der Waals surface area (Å²) in [5, 5.41) is 16.2. The van der Waals surface area contributed by atoms with Crippen LogP contribution in [0.4, 0.5) is 5.00 Å². The summed E-state index contributed by atoms with van der Waals surface area (Å²) in [6.45, 7) is 2.14. The van der Waals surface area contributed by atoms with Crippen LogP contribution in [0.5, 0.6) is 0 Å². The number of ether oxygens (including phenoxy) is 1. The summed E-state index contributed by atoms with van der Waals surface area (Å²) in [5.41, 5.74) is 3.94. The number of halogens is 1. The molecule has 1 aliphatic rings. The molecule has 2 aromatic heterocycles. The standard InChI is InChI=1S/C23H20BrN3O2S2/c1-2-29-23(28)20-17-8-3-4-9-19(17)31-22(20)26-12-15(11-25)21-27-18(13-30-21)14-6-5-7-16(24)10-14/h5-7,10,12-13,26H,2-4,8-9H2,1H3/b15-12+. The molecule has 0 amide bonds. The van der Waals surface area contributed by atoms with Gasteiger partial charge < -0.3 is 10.1 Å². The normalized spacial score (nSPS) is 13.4. The zero-order valence-corrected chi connectivity index (χ0v) is 20.1. The van der Waals surface area contributed by atoms with Gasteiger partial charge in [-0.25, -0.2) is 9.78 Å². The Hall–Kier alpha value is -2.47. The van der Waals surface area contributed by atoms with E-state index in [-0.39, 0.29) is 5.97 Å². The fourth-order valence-electron chi connectivity index (χ4n) is 3.54. The van der Waals surface area contributed by atoms with Gasteiger partial charge in [-0.15, -0.1) is 22.7 Å². The van der Waals surface area contributed by atoms with E-state index in [4.69, 9.17) is 4.74 Å². The molecule has 0 spiro atoms. The van der Waals surface area contributed by atoms with E-state index in [9.17, 15) is 10.1 Å². The van der Waals surface area contributed by atoms with Crippen molar-refractivity contribution in [1.29, 1.82) is 5.26 Å². The van der Waals surface area contributed by atoms with Crippen molar-refractivity contribution in [1.82, 2.24) is 4.98 Å². The number of thiophene rings is 1. The molecule has 0 saturated heterocycles. The molecule has 2 heterocycles. The van der Waals surface area contributed by atoms with Gasteiger partial charge in [0.2, 0.25) is 0 Å². The Morgan fingerprint density at radius 1 is 1.39 bits per heavy atom. The topological polar surface area (TPSA) is 75.0 Å². The molecule has 1 N–H and O–H groups in total. The number of carbonyl (C=O) groups excluding carboxylic acids is 1. The number of nitrogens with zero attached hydrogens (tertiary/aromatic N) is 2. The third-order valence-electron chi connectivity index (χ3n) is 4.97. The Morgan fingerprint density at radius 3 is 3.00 bits per heavy atom. The first-order valence-corrected chi connectivity index (χ1v) is 12.5. The molecule has 0 unspecified atom stereocenters. The van der Waals surface area contributed by atoms with Crippen LogP contribution in [0.1, 0.15) is 45.6 Å². The lowest BCUT2D eigenvalue weighted by Crippen LogP contribution is -2.10. The number of nitrogens with one attached hydrogen (secondary N) is 1. The molecule has 0 aliphatic heterocycles. The van der Waals surface area contributed by atoms with Crippen LogP contribution >= 0.6 is 38.6 Å². The molecule has 5 nitrogen and oxygen atoms in total. The molecule has 8 heteroatoms. The van der Waals surface area contributed by atoms with Gasteiger partial charge in [0.1, 0.15) is 21.7 Å². The number of aromatic nitrogens is 1. The van der Waals surface area contributed by atoms with E-state index in [0.717, 1.165) is 52.0 Å². The van der Waals surface area contributed by atoms with Crippen LogP contribution in [-0.2, 0) is 17.6 Å². The molecule has 1 aromatic carbocycles. The van der Waals surface area contributed by atoms with Gasteiger partial charge in [-0.2, -0.15) is 5.26 Å². The van der Waals surface area contributed by atoms with Crippen molar-refractivity contribution in [2.24, 2.45) is 0 Å². The molecule has 0 bridgehead atoms. The molecular formula is C23H20BrN3O2S2. The molecule has 158 valence electrons. The van der Waals surface area contributed by atoms with Crippen LogP contribution in [0.2, 0.25) is 0 Å². The zero-order chi connectivity index (χ0) is 21.8. The number of benzene rings is 1. The van der Waals surface area contributed by atoms with Gasteiger partial charge in [-0.1, -0.05) is 28.1 Å². The second kappa shape index (κ2) is 9.77. The number of carbonyl (C=O) groups is 1. The average Bonchev–Trinajstić information content (AvgIpc) is 3.39. The maximum Gasteiger partial charge on any atom is 0.341 e. The number of hydrogen-bond acceptors (Lipinski definition) is 7. The highest BCUT2D eigenvalue weighted by Crippen LogP contribution is 2.39. The van der Waals surface area contributed by atoms with Crippen LogP contribution in [0.25, 0.3) is 16.8 Å². The van der Waals surface area contributed by atoms with E-state index >= 15 is 0 Å².